The number of carbonyl (C=O) groups excluding carboxylic acids is 2. The molecule has 1 aliphatic rings. The molecule has 0 fully saturated rings. The molecule has 1 aliphatic heterocycles. The Balaban J connectivity index is 1.60. The maximum atomic E-state index is 12.5. The van der Waals surface area contributed by atoms with E-state index >= 15 is 0 Å². The molecule has 0 saturated carbocycles. The van der Waals surface area contributed by atoms with Crippen molar-refractivity contribution in [2.45, 2.75) is 32.5 Å². The molecule has 0 aromatic heterocycles. The van der Waals surface area contributed by atoms with Crippen molar-refractivity contribution in [3.63, 3.8) is 0 Å². The first-order valence-electron chi connectivity index (χ1n) is 8.40. The molecule has 2 atom stereocenters. The lowest BCUT2D eigenvalue weighted by Crippen LogP contribution is -2.33. The van der Waals surface area contributed by atoms with Crippen molar-refractivity contribution >= 4 is 23.4 Å². The van der Waals surface area contributed by atoms with Crippen LogP contribution in [0.5, 0.6) is 11.5 Å². The van der Waals surface area contributed by atoms with Gasteiger partial charge < -0.3 is 14.2 Å². The molecule has 5 nitrogen and oxygen atoms in total. The van der Waals surface area contributed by atoms with Gasteiger partial charge in [0.2, 0.25) is 5.78 Å². The van der Waals surface area contributed by atoms with Gasteiger partial charge in [0.15, 0.2) is 12.2 Å². The Morgan fingerprint density at radius 3 is 2.65 bits per heavy atom. The molecule has 0 amide bonds. The molecule has 0 radical (unpaired) electrons. The molecule has 0 N–H and O–H groups in total. The van der Waals surface area contributed by atoms with Crippen molar-refractivity contribution in [3.05, 3.63) is 58.6 Å². The van der Waals surface area contributed by atoms with E-state index in [9.17, 15) is 9.59 Å². The number of carbonyl (C=O) groups is 2. The maximum absolute atomic E-state index is 12.5. The molecule has 0 aliphatic carbocycles. The van der Waals surface area contributed by atoms with Gasteiger partial charge in [0, 0.05) is 17.0 Å². The minimum atomic E-state index is -0.906. The average Bonchev–Trinajstić information content (AvgIpc) is 3.05. The smallest absolute Gasteiger partial charge is 0.348 e. The molecule has 0 unspecified atom stereocenters. The van der Waals surface area contributed by atoms with E-state index in [4.69, 9.17) is 25.8 Å². The fourth-order valence-electron chi connectivity index (χ4n) is 2.77. The number of halogens is 1. The van der Waals surface area contributed by atoms with E-state index in [1.807, 2.05) is 6.92 Å². The van der Waals surface area contributed by atoms with Gasteiger partial charge >= 0.3 is 5.97 Å². The van der Waals surface area contributed by atoms with Crippen molar-refractivity contribution in [2.24, 2.45) is 0 Å². The zero-order chi connectivity index (χ0) is 18.7. The zero-order valence-electron chi connectivity index (χ0n) is 14.5. The van der Waals surface area contributed by atoms with Gasteiger partial charge in [-0.1, -0.05) is 11.6 Å². The average molecular weight is 375 g/mol. The van der Waals surface area contributed by atoms with E-state index < -0.39 is 18.2 Å². The maximum Gasteiger partial charge on any atom is 0.348 e. The number of hydrogen-bond acceptors (Lipinski definition) is 5. The van der Waals surface area contributed by atoms with Crippen molar-refractivity contribution in [3.8, 4) is 11.5 Å². The highest BCUT2D eigenvalue weighted by atomic mass is 35.5. The third kappa shape index (κ3) is 3.99. The predicted molar refractivity (Wildman–Crippen MR) is 97.1 cm³/mol. The quantitative estimate of drug-likeness (QED) is 0.567. The second kappa shape index (κ2) is 7.79. The van der Waals surface area contributed by atoms with E-state index in [1.54, 1.807) is 49.4 Å². The van der Waals surface area contributed by atoms with Crippen molar-refractivity contribution in [1.29, 1.82) is 0 Å². The molecule has 26 heavy (non-hydrogen) atoms. The van der Waals surface area contributed by atoms with Crippen molar-refractivity contribution < 1.29 is 23.8 Å². The standard InChI is InChI=1S/C20H19ClO5/c1-3-24-16-7-4-13(5-8-16)19(22)12(2)25-20(23)18-11-14-10-15(21)6-9-17(14)26-18/h4-10,12,18H,3,11H2,1-2H3/t12-,18-/m1/s1. The van der Waals surface area contributed by atoms with Gasteiger partial charge in [-0.05, 0) is 61.9 Å². The van der Waals surface area contributed by atoms with Crippen molar-refractivity contribution in [1.82, 2.24) is 0 Å². The number of rotatable bonds is 6. The number of hydrogen-bond donors (Lipinski definition) is 0. The van der Waals surface area contributed by atoms with Gasteiger partial charge in [0.25, 0.3) is 0 Å². The van der Waals surface area contributed by atoms with Crippen LogP contribution < -0.4 is 9.47 Å². The second-order valence-electron chi connectivity index (χ2n) is 5.96. The van der Waals surface area contributed by atoms with Crippen LogP contribution in [-0.2, 0) is 16.0 Å². The number of Topliss-reactive ketones (excluding diaryl/α,β-unsaturated/α-hetero) is 1. The third-order valence-corrected chi connectivity index (χ3v) is 4.31. The summed E-state index contributed by atoms with van der Waals surface area (Å²) >= 11 is 5.95. The fourth-order valence-corrected chi connectivity index (χ4v) is 2.96. The van der Waals surface area contributed by atoms with Gasteiger partial charge in [-0.2, -0.15) is 0 Å². The summed E-state index contributed by atoms with van der Waals surface area (Å²) in [5.41, 5.74) is 1.31. The Morgan fingerprint density at radius 1 is 1.23 bits per heavy atom. The highest BCUT2D eigenvalue weighted by Crippen LogP contribution is 2.31. The topological polar surface area (TPSA) is 61.8 Å². The molecule has 136 valence electrons. The molecular weight excluding hydrogens is 356 g/mol. The normalized spacial score (nSPS) is 16.3. The summed E-state index contributed by atoms with van der Waals surface area (Å²) in [7, 11) is 0. The number of ether oxygens (including phenoxy) is 3. The minimum Gasteiger partial charge on any atom is -0.494 e. The monoisotopic (exact) mass is 374 g/mol. The Morgan fingerprint density at radius 2 is 1.96 bits per heavy atom. The van der Waals surface area contributed by atoms with Crippen LogP contribution in [-0.4, -0.2) is 30.6 Å². The van der Waals surface area contributed by atoms with E-state index in [2.05, 4.69) is 0 Å². The summed E-state index contributed by atoms with van der Waals surface area (Å²) < 4.78 is 16.3. The van der Waals surface area contributed by atoms with E-state index in [0.717, 1.165) is 5.56 Å². The first kappa shape index (κ1) is 18.3. The fraction of sp³-hybridized carbons (Fsp3) is 0.300. The van der Waals surface area contributed by atoms with E-state index in [0.29, 0.717) is 35.1 Å². The zero-order valence-corrected chi connectivity index (χ0v) is 15.3. The van der Waals surface area contributed by atoms with Crippen LogP contribution in [0.2, 0.25) is 5.02 Å². The highest BCUT2D eigenvalue weighted by molar-refractivity contribution is 6.30. The molecule has 0 bridgehead atoms. The lowest BCUT2D eigenvalue weighted by Gasteiger charge is -2.15. The highest BCUT2D eigenvalue weighted by Gasteiger charge is 2.32. The van der Waals surface area contributed by atoms with Gasteiger partial charge in [-0.15, -0.1) is 0 Å². The summed E-state index contributed by atoms with van der Waals surface area (Å²) in [5, 5.41) is 0.584. The first-order valence-corrected chi connectivity index (χ1v) is 8.78. The molecule has 3 rings (SSSR count). The van der Waals surface area contributed by atoms with Crippen LogP contribution >= 0.6 is 11.6 Å². The molecule has 2 aromatic rings. The van der Waals surface area contributed by atoms with Gasteiger partial charge in [-0.25, -0.2) is 4.79 Å². The molecule has 0 saturated heterocycles. The molecule has 0 spiro atoms. The Labute approximate surface area is 156 Å². The summed E-state index contributed by atoms with van der Waals surface area (Å²) in [6.07, 6.45) is -1.30. The van der Waals surface area contributed by atoms with Crippen LogP contribution in [0.4, 0.5) is 0 Å². The van der Waals surface area contributed by atoms with Gasteiger partial charge in [0.1, 0.15) is 11.5 Å². The van der Waals surface area contributed by atoms with Crippen LogP contribution in [0.25, 0.3) is 0 Å². The van der Waals surface area contributed by atoms with Crippen LogP contribution in [0.3, 0.4) is 0 Å². The second-order valence-corrected chi connectivity index (χ2v) is 6.40. The Kier molecular flexibility index (Phi) is 5.47. The predicted octanol–water partition coefficient (Wildman–Crippen LogP) is 3.86. The SMILES string of the molecule is CCOc1ccc(C(=O)[C@@H](C)OC(=O)[C@H]2Cc3cc(Cl)ccc3O2)cc1. The molecular formula is C20H19ClO5. The summed E-state index contributed by atoms with van der Waals surface area (Å²) in [6.45, 7) is 3.99. The summed E-state index contributed by atoms with van der Waals surface area (Å²) in [6, 6.07) is 11.9. The van der Waals surface area contributed by atoms with Crippen LogP contribution in [0.1, 0.15) is 29.8 Å². The summed E-state index contributed by atoms with van der Waals surface area (Å²) in [4.78, 5) is 24.8. The minimum absolute atomic E-state index is 0.278. The number of ketones is 1. The Hall–Kier alpha value is -2.53. The summed E-state index contributed by atoms with van der Waals surface area (Å²) in [5.74, 6) is 0.454. The lowest BCUT2D eigenvalue weighted by atomic mass is 10.1. The molecule has 1 heterocycles. The first-order chi connectivity index (χ1) is 12.5. The van der Waals surface area contributed by atoms with Gasteiger partial charge in [-0.3, -0.25) is 4.79 Å². The number of esters is 1. The van der Waals surface area contributed by atoms with Gasteiger partial charge in [0.05, 0.1) is 6.61 Å². The van der Waals surface area contributed by atoms with Crippen molar-refractivity contribution in [2.75, 3.05) is 6.61 Å². The van der Waals surface area contributed by atoms with E-state index in [-0.39, 0.29) is 5.78 Å². The van der Waals surface area contributed by atoms with Crippen LogP contribution in [0, 0.1) is 0 Å². The number of benzene rings is 2. The Bertz CT molecular complexity index is 815. The lowest BCUT2D eigenvalue weighted by molar-refractivity contribution is -0.153. The van der Waals surface area contributed by atoms with E-state index in [1.165, 1.54) is 0 Å². The molecule has 2 aromatic carbocycles. The largest absolute Gasteiger partial charge is 0.494 e. The molecule has 6 heteroatoms. The third-order valence-electron chi connectivity index (χ3n) is 4.07. The number of fused-ring (bicyclic) bond motifs is 1. The van der Waals surface area contributed by atoms with Crippen LogP contribution in [0.15, 0.2) is 42.5 Å².